The van der Waals surface area contributed by atoms with E-state index in [2.05, 4.69) is 77.9 Å². The molecule has 0 unspecified atom stereocenters. The Bertz CT molecular complexity index is 762. The molecular weight excluding hydrogens is 463 g/mol. The summed E-state index contributed by atoms with van der Waals surface area (Å²) in [7, 11) is 7.69. The predicted molar refractivity (Wildman–Crippen MR) is 129 cm³/mol. The van der Waals surface area contributed by atoms with Crippen LogP contribution in [0, 0.1) is 6.92 Å². The monoisotopic (exact) mass is 496 g/mol. The Balaban J connectivity index is 0.00000392. The van der Waals surface area contributed by atoms with Crippen molar-refractivity contribution in [2.45, 2.75) is 26.4 Å². The zero-order valence-corrected chi connectivity index (χ0v) is 19.9. The molecule has 2 rings (SSSR count). The topological polar surface area (TPSA) is 48.9 Å². The molecule has 0 aromatic heterocycles. The van der Waals surface area contributed by atoms with Crippen molar-refractivity contribution in [3.8, 4) is 5.75 Å². The van der Waals surface area contributed by atoms with Crippen LogP contribution in [-0.4, -0.2) is 45.7 Å². The standard InChI is InChI=1S/C22H32N4O.HI/c1-17-10-11-21(27-5)18(14-17)12-13-24-22(23-2)25-15-19-8-6-7-9-20(19)16-26(3)4;/h6-11,14H,12-13,15-16H2,1-5H3,(H2,23,24,25);1H. The number of rotatable bonds is 8. The first-order valence-electron chi connectivity index (χ1n) is 9.33. The van der Waals surface area contributed by atoms with Gasteiger partial charge in [-0.2, -0.15) is 0 Å². The number of nitrogens with zero attached hydrogens (tertiary/aromatic N) is 2. The molecule has 0 aliphatic carbocycles. The molecule has 0 heterocycles. The van der Waals surface area contributed by atoms with Crippen LogP contribution in [0.1, 0.15) is 22.3 Å². The number of ether oxygens (including phenoxy) is 1. The highest BCUT2D eigenvalue weighted by Gasteiger charge is 2.06. The average molecular weight is 496 g/mol. The van der Waals surface area contributed by atoms with Gasteiger partial charge in [-0.3, -0.25) is 4.99 Å². The zero-order chi connectivity index (χ0) is 19.6. The van der Waals surface area contributed by atoms with E-state index >= 15 is 0 Å². The molecule has 2 N–H and O–H groups in total. The van der Waals surface area contributed by atoms with E-state index in [1.165, 1.54) is 22.3 Å². The lowest BCUT2D eigenvalue weighted by Crippen LogP contribution is -2.38. The van der Waals surface area contributed by atoms with Crippen LogP contribution in [0.15, 0.2) is 47.5 Å². The lowest BCUT2D eigenvalue weighted by atomic mass is 10.1. The van der Waals surface area contributed by atoms with Gasteiger partial charge in [0.05, 0.1) is 7.11 Å². The van der Waals surface area contributed by atoms with Crippen LogP contribution in [0.5, 0.6) is 5.75 Å². The van der Waals surface area contributed by atoms with E-state index in [0.717, 1.165) is 37.8 Å². The second kappa shape index (κ2) is 12.6. The summed E-state index contributed by atoms with van der Waals surface area (Å²) < 4.78 is 5.46. The van der Waals surface area contributed by atoms with Crippen LogP contribution in [-0.2, 0) is 19.5 Å². The number of nitrogens with one attached hydrogen (secondary N) is 2. The number of aryl methyl sites for hydroxylation is 1. The summed E-state index contributed by atoms with van der Waals surface area (Å²) in [5, 5.41) is 6.81. The quantitative estimate of drug-likeness (QED) is 0.333. The van der Waals surface area contributed by atoms with Gasteiger partial charge >= 0.3 is 0 Å². The van der Waals surface area contributed by atoms with E-state index in [1.54, 1.807) is 14.2 Å². The van der Waals surface area contributed by atoms with Gasteiger partial charge in [-0.1, -0.05) is 42.0 Å². The number of hydrogen-bond acceptors (Lipinski definition) is 3. The van der Waals surface area contributed by atoms with E-state index < -0.39 is 0 Å². The maximum Gasteiger partial charge on any atom is 0.191 e. The van der Waals surface area contributed by atoms with Gasteiger partial charge in [0.25, 0.3) is 0 Å². The molecule has 0 aliphatic heterocycles. The number of halogens is 1. The summed E-state index contributed by atoms with van der Waals surface area (Å²) in [6.07, 6.45) is 0.878. The number of benzene rings is 2. The van der Waals surface area contributed by atoms with Crippen LogP contribution >= 0.6 is 24.0 Å². The fraction of sp³-hybridized carbons (Fsp3) is 0.409. The SMILES string of the molecule is CN=C(NCCc1cc(C)ccc1OC)NCc1ccccc1CN(C)C.I. The first-order valence-corrected chi connectivity index (χ1v) is 9.33. The molecule has 5 nitrogen and oxygen atoms in total. The van der Waals surface area contributed by atoms with Gasteiger partial charge in [0.15, 0.2) is 5.96 Å². The van der Waals surface area contributed by atoms with Crippen LogP contribution in [0.25, 0.3) is 0 Å². The minimum absolute atomic E-state index is 0. The summed E-state index contributed by atoms with van der Waals surface area (Å²) >= 11 is 0. The van der Waals surface area contributed by atoms with Gasteiger partial charge < -0.3 is 20.3 Å². The van der Waals surface area contributed by atoms with Crippen molar-refractivity contribution in [2.75, 3.05) is 34.8 Å². The number of methoxy groups -OCH3 is 1. The van der Waals surface area contributed by atoms with Crippen LogP contribution in [0.2, 0.25) is 0 Å². The van der Waals surface area contributed by atoms with Crippen molar-refractivity contribution in [3.05, 3.63) is 64.7 Å². The first kappa shape index (κ1) is 24.2. The highest BCUT2D eigenvalue weighted by Crippen LogP contribution is 2.19. The molecule has 0 spiro atoms. The minimum atomic E-state index is 0. The molecule has 0 atom stereocenters. The Hall–Kier alpha value is -1.80. The summed E-state index contributed by atoms with van der Waals surface area (Å²) in [5.74, 6) is 1.74. The van der Waals surface area contributed by atoms with Gasteiger partial charge in [0.1, 0.15) is 5.75 Å². The molecule has 0 saturated carbocycles. The Morgan fingerprint density at radius 2 is 1.75 bits per heavy atom. The molecule has 0 radical (unpaired) electrons. The average Bonchev–Trinajstić information content (AvgIpc) is 2.65. The van der Waals surface area contributed by atoms with E-state index in [-0.39, 0.29) is 24.0 Å². The molecule has 6 heteroatoms. The van der Waals surface area contributed by atoms with Crippen LogP contribution in [0.4, 0.5) is 0 Å². The molecule has 0 aliphatic rings. The Labute approximate surface area is 186 Å². The van der Waals surface area contributed by atoms with Crippen LogP contribution < -0.4 is 15.4 Å². The molecule has 2 aromatic carbocycles. The molecule has 0 fully saturated rings. The zero-order valence-electron chi connectivity index (χ0n) is 17.6. The second-order valence-electron chi connectivity index (χ2n) is 6.92. The third-order valence-electron chi connectivity index (χ3n) is 4.40. The number of guanidine groups is 1. The minimum Gasteiger partial charge on any atom is -0.496 e. The third kappa shape index (κ3) is 7.67. The van der Waals surface area contributed by atoms with E-state index in [4.69, 9.17) is 4.74 Å². The highest BCUT2D eigenvalue weighted by atomic mass is 127. The van der Waals surface area contributed by atoms with Crippen molar-refractivity contribution in [1.82, 2.24) is 15.5 Å². The maximum absolute atomic E-state index is 5.46. The Kier molecular flexibility index (Phi) is 10.9. The summed E-state index contributed by atoms with van der Waals surface area (Å²) in [6, 6.07) is 14.8. The Morgan fingerprint density at radius 3 is 2.39 bits per heavy atom. The smallest absolute Gasteiger partial charge is 0.191 e. The first-order chi connectivity index (χ1) is 13.0. The largest absolute Gasteiger partial charge is 0.496 e. The van der Waals surface area contributed by atoms with Crippen molar-refractivity contribution in [2.24, 2.45) is 4.99 Å². The lowest BCUT2D eigenvalue weighted by Gasteiger charge is -2.17. The molecule has 0 amide bonds. The lowest BCUT2D eigenvalue weighted by molar-refractivity contribution is 0.400. The van der Waals surface area contributed by atoms with Gasteiger partial charge in [-0.15, -0.1) is 24.0 Å². The van der Waals surface area contributed by atoms with Gasteiger partial charge in [-0.05, 0) is 50.2 Å². The summed E-state index contributed by atoms with van der Waals surface area (Å²) in [5.41, 5.74) is 5.06. The number of hydrogen-bond donors (Lipinski definition) is 2. The Morgan fingerprint density at radius 1 is 1.04 bits per heavy atom. The van der Waals surface area contributed by atoms with Crippen molar-refractivity contribution >= 4 is 29.9 Å². The highest BCUT2D eigenvalue weighted by molar-refractivity contribution is 14.0. The van der Waals surface area contributed by atoms with Crippen molar-refractivity contribution < 1.29 is 4.74 Å². The van der Waals surface area contributed by atoms with Crippen LogP contribution in [0.3, 0.4) is 0 Å². The second-order valence-corrected chi connectivity index (χ2v) is 6.92. The van der Waals surface area contributed by atoms with Gasteiger partial charge in [0.2, 0.25) is 0 Å². The van der Waals surface area contributed by atoms with E-state index in [1.807, 2.05) is 6.07 Å². The van der Waals surface area contributed by atoms with Crippen molar-refractivity contribution in [3.63, 3.8) is 0 Å². The maximum atomic E-state index is 5.46. The molecular formula is C22H33IN4O. The molecule has 154 valence electrons. The van der Waals surface area contributed by atoms with E-state index in [9.17, 15) is 0 Å². The molecule has 0 bridgehead atoms. The summed E-state index contributed by atoms with van der Waals surface area (Å²) in [6.45, 7) is 4.56. The fourth-order valence-corrected chi connectivity index (χ4v) is 3.04. The van der Waals surface area contributed by atoms with Gasteiger partial charge in [-0.25, -0.2) is 0 Å². The molecule has 0 saturated heterocycles. The van der Waals surface area contributed by atoms with Crippen molar-refractivity contribution in [1.29, 1.82) is 0 Å². The normalized spacial score (nSPS) is 11.1. The molecule has 28 heavy (non-hydrogen) atoms. The summed E-state index contributed by atoms with van der Waals surface area (Å²) in [4.78, 5) is 6.52. The third-order valence-corrected chi connectivity index (χ3v) is 4.40. The predicted octanol–water partition coefficient (Wildman–Crippen LogP) is 3.59. The fourth-order valence-electron chi connectivity index (χ4n) is 3.04. The number of aliphatic imine (C=N–C) groups is 1. The van der Waals surface area contributed by atoms with E-state index in [0.29, 0.717) is 0 Å². The van der Waals surface area contributed by atoms with Gasteiger partial charge in [0, 0.05) is 26.7 Å². The molecule has 2 aromatic rings.